The van der Waals surface area contributed by atoms with E-state index in [-0.39, 0.29) is 44.6 Å². The molecule has 0 unspecified atom stereocenters. The first-order valence-corrected chi connectivity index (χ1v) is 25.3. The van der Waals surface area contributed by atoms with Gasteiger partial charge < -0.3 is 9.80 Å². The molecule has 6 aliphatic rings. The maximum absolute atomic E-state index is 2.72. The van der Waals surface area contributed by atoms with Crippen molar-refractivity contribution >= 4 is 57.2 Å². The van der Waals surface area contributed by atoms with Gasteiger partial charge in [-0.05, 0) is 198 Å². The van der Waals surface area contributed by atoms with Gasteiger partial charge >= 0.3 is 0 Å². The number of fused-ring (bicyclic) bond motifs is 10. The molecule has 12 rings (SSSR count). The van der Waals surface area contributed by atoms with Crippen LogP contribution in [0.4, 0.5) is 34.1 Å². The van der Waals surface area contributed by atoms with Gasteiger partial charge in [0.1, 0.15) is 0 Å². The Labute approximate surface area is 397 Å². The zero-order chi connectivity index (χ0) is 46.6. The molecule has 66 heavy (non-hydrogen) atoms. The molecule has 0 N–H and O–H groups in total. The van der Waals surface area contributed by atoms with Crippen LogP contribution in [0.2, 0.25) is 0 Å². The molecule has 6 aromatic rings. The minimum atomic E-state index is -0.0569. The predicted molar refractivity (Wildman–Crippen MR) is 284 cm³/mol. The Morgan fingerprint density at radius 3 is 1.36 bits per heavy atom. The Morgan fingerprint density at radius 1 is 0.379 bits per heavy atom. The molecule has 3 heteroatoms. The molecule has 0 amide bonds. The van der Waals surface area contributed by atoms with Crippen LogP contribution < -0.4 is 26.2 Å². The summed E-state index contributed by atoms with van der Waals surface area (Å²) in [6.45, 7) is 37.0. The van der Waals surface area contributed by atoms with Crippen LogP contribution in [0, 0.1) is 6.92 Å². The molecule has 0 fully saturated rings. The van der Waals surface area contributed by atoms with E-state index < -0.39 is 0 Å². The van der Waals surface area contributed by atoms with Gasteiger partial charge in [-0.25, -0.2) is 0 Å². The third kappa shape index (κ3) is 5.61. The van der Waals surface area contributed by atoms with Gasteiger partial charge in [-0.3, -0.25) is 0 Å². The lowest BCUT2D eigenvalue weighted by Gasteiger charge is -2.48. The number of hydrogen-bond acceptors (Lipinski definition) is 2. The van der Waals surface area contributed by atoms with Crippen molar-refractivity contribution in [2.24, 2.45) is 0 Å². The largest absolute Gasteiger partial charge is 0.311 e. The molecule has 0 radical (unpaired) electrons. The van der Waals surface area contributed by atoms with Crippen molar-refractivity contribution in [3.05, 3.63) is 147 Å². The molecule has 0 spiro atoms. The molecule has 0 bridgehead atoms. The Balaban J connectivity index is 1.20. The van der Waals surface area contributed by atoms with Crippen molar-refractivity contribution in [2.75, 3.05) is 9.80 Å². The van der Waals surface area contributed by atoms with Crippen LogP contribution in [0.3, 0.4) is 0 Å². The van der Waals surface area contributed by atoms with Crippen LogP contribution >= 0.6 is 0 Å². The summed E-state index contributed by atoms with van der Waals surface area (Å²) in [6.07, 6.45) is 5.92. The standard InChI is InChI=1S/C63H71BN2/c1-37-28-54-56-55(29-37)66(39-21-23-44-45(31-39)58(4,5)25-24-57(44,2)3)52-34-48-46(59(6,7)26-27-60(48,8)9)32-50(52)64(56)51-33-47-49(62(12,13)36-61(47,10)11)35-53(51)65(54)38-20-22-43-41(30-38)40-18-16-17-19-42(40)63(43,14)15/h16-23,28-35H,24-27,36H2,1-15H3. The SMILES string of the molecule is Cc1cc2c3c(c1)N(c1ccc4c(c1)-c1ccccc1C4(C)C)c1cc4c(cc1B3c1cc3c(cc1N2c1ccc2c(c1)C(C)(C)CCC2(C)C)C(C)(C)CCC3(C)C)C(C)(C)CC4(C)C. The molecule has 6 aromatic carbocycles. The highest BCUT2D eigenvalue weighted by molar-refractivity contribution is 7.00. The summed E-state index contributed by atoms with van der Waals surface area (Å²) in [5, 5.41) is 0. The lowest BCUT2D eigenvalue weighted by atomic mass is 9.33. The lowest BCUT2D eigenvalue weighted by molar-refractivity contribution is 0.332. The molecule has 4 aliphatic carbocycles. The van der Waals surface area contributed by atoms with Gasteiger partial charge in [-0.1, -0.05) is 145 Å². The molecular weight excluding hydrogens is 796 g/mol. The maximum Gasteiger partial charge on any atom is 0.252 e. The summed E-state index contributed by atoms with van der Waals surface area (Å²) in [6, 6.07) is 39.9. The first-order chi connectivity index (χ1) is 30.8. The minimum absolute atomic E-state index is 0.0569. The van der Waals surface area contributed by atoms with Crippen LogP contribution in [-0.4, -0.2) is 6.71 Å². The first kappa shape index (κ1) is 42.3. The lowest BCUT2D eigenvalue weighted by Crippen LogP contribution is -2.62. The fraction of sp³-hybridized carbons (Fsp3) is 0.429. The second kappa shape index (κ2) is 12.9. The molecule has 0 saturated heterocycles. The van der Waals surface area contributed by atoms with Crippen LogP contribution in [0.15, 0.2) is 97.1 Å². The third-order valence-electron chi connectivity index (χ3n) is 18.6. The van der Waals surface area contributed by atoms with Gasteiger partial charge in [0.05, 0.1) is 0 Å². The van der Waals surface area contributed by atoms with E-state index in [9.17, 15) is 0 Å². The highest BCUT2D eigenvalue weighted by atomic mass is 15.2. The summed E-state index contributed by atoms with van der Waals surface area (Å²) in [4.78, 5) is 5.42. The third-order valence-corrected chi connectivity index (χ3v) is 18.6. The maximum atomic E-state index is 2.72. The Kier molecular flexibility index (Phi) is 8.30. The van der Waals surface area contributed by atoms with Crippen LogP contribution in [0.25, 0.3) is 11.1 Å². The van der Waals surface area contributed by atoms with E-state index in [1.54, 1.807) is 0 Å². The number of anilines is 6. The van der Waals surface area contributed by atoms with E-state index in [0.717, 1.165) is 6.42 Å². The van der Waals surface area contributed by atoms with E-state index in [0.29, 0.717) is 0 Å². The monoisotopic (exact) mass is 867 g/mol. The summed E-state index contributed by atoms with van der Waals surface area (Å²) >= 11 is 0. The smallest absolute Gasteiger partial charge is 0.252 e. The number of nitrogens with zero attached hydrogens (tertiary/aromatic N) is 2. The van der Waals surface area contributed by atoms with E-state index >= 15 is 0 Å². The Bertz CT molecular complexity index is 3130. The fourth-order valence-corrected chi connectivity index (χ4v) is 14.8. The summed E-state index contributed by atoms with van der Waals surface area (Å²) in [5.41, 5.74) is 28.6. The highest BCUT2D eigenvalue weighted by Gasteiger charge is 2.50. The second-order valence-electron chi connectivity index (χ2n) is 26.3. The first-order valence-electron chi connectivity index (χ1n) is 25.3. The van der Waals surface area contributed by atoms with Crippen LogP contribution in [-0.2, 0) is 37.9 Å². The molecule has 0 saturated carbocycles. The van der Waals surface area contributed by atoms with Gasteiger partial charge in [0, 0.05) is 39.5 Å². The van der Waals surface area contributed by atoms with Crippen molar-refractivity contribution in [1.82, 2.24) is 0 Å². The van der Waals surface area contributed by atoms with Crippen molar-refractivity contribution in [1.29, 1.82) is 0 Å². The number of benzene rings is 6. The van der Waals surface area contributed by atoms with Gasteiger partial charge in [-0.15, -0.1) is 0 Å². The van der Waals surface area contributed by atoms with Crippen molar-refractivity contribution < 1.29 is 0 Å². The Hall–Kier alpha value is -5.02. The van der Waals surface area contributed by atoms with E-state index in [2.05, 4.69) is 211 Å². The van der Waals surface area contributed by atoms with E-state index in [1.807, 2.05) is 0 Å². The normalized spacial score (nSPS) is 21.7. The van der Waals surface area contributed by atoms with Gasteiger partial charge in [0.15, 0.2) is 0 Å². The van der Waals surface area contributed by atoms with Crippen molar-refractivity contribution in [3.8, 4) is 11.1 Å². The van der Waals surface area contributed by atoms with Crippen molar-refractivity contribution in [3.63, 3.8) is 0 Å². The number of aryl methyl sites for hydroxylation is 1. The molecule has 0 atom stereocenters. The zero-order valence-electron chi connectivity index (χ0n) is 42.7. The van der Waals surface area contributed by atoms with Crippen LogP contribution in [0.1, 0.15) is 179 Å². The zero-order valence-corrected chi connectivity index (χ0v) is 42.7. The summed E-state index contributed by atoms with van der Waals surface area (Å²) in [5.74, 6) is 0. The van der Waals surface area contributed by atoms with Gasteiger partial charge in [0.25, 0.3) is 6.71 Å². The topological polar surface area (TPSA) is 6.48 Å². The van der Waals surface area contributed by atoms with Gasteiger partial charge in [0.2, 0.25) is 0 Å². The molecule has 2 heterocycles. The van der Waals surface area contributed by atoms with Crippen LogP contribution in [0.5, 0.6) is 0 Å². The minimum Gasteiger partial charge on any atom is -0.311 e. The van der Waals surface area contributed by atoms with E-state index in [4.69, 9.17) is 0 Å². The van der Waals surface area contributed by atoms with Crippen molar-refractivity contribution in [2.45, 2.75) is 174 Å². The molecule has 336 valence electrons. The average Bonchev–Trinajstić information content (AvgIpc) is 3.59. The van der Waals surface area contributed by atoms with E-state index in [1.165, 1.54) is 137 Å². The second-order valence-corrected chi connectivity index (χ2v) is 26.3. The quantitative estimate of drug-likeness (QED) is 0.160. The molecule has 0 aromatic heterocycles. The molecule has 2 nitrogen and oxygen atoms in total. The van der Waals surface area contributed by atoms with Gasteiger partial charge in [-0.2, -0.15) is 0 Å². The summed E-state index contributed by atoms with van der Waals surface area (Å²) in [7, 11) is 0. The fourth-order valence-electron chi connectivity index (χ4n) is 14.8. The summed E-state index contributed by atoms with van der Waals surface area (Å²) < 4.78 is 0. The highest BCUT2D eigenvalue weighted by Crippen LogP contribution is 2.56. The molecular formula is C63H71BN2. The Morgan fingerprint density at radius 2 is 0.803 bits per heavy atom. The molecule has 2 aliphatic heterocycles. The average molecular weight is 867 g/mol. The number of hydrogen-bond donors (Lipinski definition) is 0. The predicted octanol–water partition coefficient (Wildman–Crippen LogP) is 15.0. The number of rotatable bonds is 2.